The largest absolute Gasteiger partial charge is 0.497 e. The number of methoxy groups -OCH3 is 1. The minimum Gasteiger partial charge on any atom is -0.497 e. The summed E-state index contributed by atoms with van der Waals surface area (Å²) in [6.45, 7) is 0.849. The van der Waals surface area contributed by atoms with Gasteiger partial charge < -0.3 is 20.5 Å². The fourth-order valence-corrected chi connectivity index (χ4v) is 11.8. The van der Waals surface area contributed by atoms with Crippen LogP contribution in [-0.4, -0.2) is 63.2 Å². The molecule has 7 aromatic rings. The van der Waals surface area contributed by atoms with Gasteiger partial charge in [0.15, 0.2) is 0 Å². The third-order valence-corrected chi connectivity index (χ3v) is 15.6. The Morgan fingerprint density at radius 1 is 0.729 bits per heavy atom. The molecule has 0 saturated heterocycles. The number of sulfonamides is 1. The van der Waals surface area contributed by atoms with E-state index in [0.717, 1.165) is 8.28 Å². The van der Waals surface area contributed by atoms with Crippen molar-refractivity contribution in [2.24, 2.45) is 0 Å². The molecule has 3 N–H and O–H groups in total. The molecule has 12 nitrogen and oxygen atoms in total. The Bertz CT molecular complexity index is 3350. The average molecular weight is 1010 g/mol. The summed E-state index contributed by atoms with van der Waals surface area (Å²) in [5.74, 6) is -4.16. The standard InChI is InChI=1S/C50H42F6N4O8S2/c1-30(58-48(63)50(54,55)56)33-20-21-34(24-36-29-59(43-15-9-7-13-39(36)43)69(64,65)38-11-4-3-5-12-38)40(25-33)41-27-37(68-2)22-23-45(41)70(66,67)60-42-14-8-6-10-35(42)26-44(60)46(61)32-18-16-31(17-19-32)28-57-47(62)49(51,52)53/h3-23,25,27,29-30,44,46,61H,24,26,28H2,1-2H3,(H,57,62)(H,58,63)/t30-,44?,46?/m0/s1. The van der Waals surface area contributed by atoms with Crippen molar-refractivity contribution in [3.8, 4) is 16.9 Å². The van der Waals surface area contributed by atoms with E-state index in [2.05, 4.69) is 0 Å². The number of rotatable bonds is 14. The Labute approximate surface area is 398 Å². The second-order valence-corrected chi connectivity index (χ2v) is 20.1. The van der Waals surface area contributed by atoms with Crippen LogP contribution < -0.4 is 19.7 Å². The van der Waals surface area contributed by atoms with E-state index in [1.165, 1.54) is 87.0 Å². The van der Waals surface area contributed by atoms with Crippen LogP contribution in [0.2, 0.25) is 0 Å². The number of halogens is 6. The topological polar surface area (TPSA) is 164 Å². The summed E-state index contributed by atoms with van der Waals surface area (Å²) < 4.78 is 146. The molecule has 0 spiro atoms. The molecule has 0 fully saturated rings. The predicted octanol–water partition coefficient (Wildman–Crippen LogP) is 8.92. The third-order valence-electron chi connectivity index (χ3n) is 12.0. The van der Waals surface area contributed by atoms with E-state index in [1.54, 1.807) is 78.1 Å². The quantitative estimate of drug-likeness (QED) is 0.0910. The first-order valence-electron chi connectivity index (χ1n) is 21.4. The van der Waals surface area contributed by atoms with Gasteiger partial charge >= 0.3 is 24.2 Å². The maximum absolute atomic E-state index is 15.6. The van der Waals surface area contributed by atoms with E-state index in [0.29, 0.717) is 27.6 Å². The molecule has 6 aromatic carbocycles. The zero-order chi connectivity index (χ0) is 50.3. The van der Waals surface area contributed by atoms with E-state index in [4.69, 9.17) is 4.74 Å². The van der Waals surface area contributed by atoms with Gasteiger partial charge in [-0.2, -0.15) is 26.3 Å². The molecular weight excluding hydrogens is 963 g/mol. The molecule has 8 rings (SSSR count). The van der Waals surface area contributed by atoms with Gasteiger partial charge in [0.2, 0.25) is 0 Å². The summed E-state index contributed by atoms with van der Waals surface area (Å²) >= 11 is 0. The monoisotopic (exact) mass is 1000 g/mol. The van der Waals surface area contributed by atoms with Crippen molar-refractivity contribution in [1.29, 1.82) is 0 Å². The lowest BCUT2D eigenvalue weighted by Gasteiger charge is -2.31. The van der Waals surface area contributed by atoms with Gasteiger partial charge in [0.25, 0.3) is 20.0 Å². The second kappa shape index (κ2) is 19.0. The van der Waals surface area contributed by atoms with Crippen LogP contribution in [-0.2, 0) is 49.0 Å². The normalized spacial score (nSPS) is 15.0. The number of aliphatic hydroxyl groups is 1. The van der Waals surface area contributed by atoms with Crippen LogP contribution in [0.15, 0.2) is 156 Å². The van der Waals surface area contributed by atoms with E-state index in [1.807, 2.05) is 5.32 Å². The summed E-state index contributed by atoms with van der Waals surface area (Å²) in [5, 5.41) is 16.3. The van der Waals surface area contributed by atoms with Crippen LogP contribution in [0.5, 0.6) is 5.75 Å². The molecule has 0 aliphatic carbocycles. The highest BCUT2D eigenvalue weighted by Crippen LogP contribution is 2.45. The van der Waals surface area contributed by atoms with Crippen LogP contribution in [0, 0.1) is 0 Å². The van der Waals surface area contributed by atoms with Crippen molar-refractivity contribution in [2.75, 3.05) is 11.4 Å². The average Bonchev–Trinajstić information content (AvgIpc) is 3.93. The van der Waals surface area contributed by atoms with E-state index >= 15 is 8.42 Å². The van der Waals surface area contributed by atoms with E-state index in [-0.39, 0.29) is 61.9 Å². The Kier molecular flexibility index (Phi) is 13.4. The number of anilines is 1. The van der Waals surface area contributed by atoms with Crippen molar-refractivity contribution in [2.45, 2.75) is 66.6 Å². The Balaban J connectivity index is 1.26. The van der Waals surface area contributed by atoms with Gasteiger partial charge in [0.05, 0.1) is 40.2 Å². The van der Waals surface area contributed by atoms with Crippen molar-refractivity contribution in [3.63, 3.8) is 0 Å². The van der Waals surface area contributed by atoms with Crippen LogP contribution in [0.3, 0.4) is 0 Å². The third kappa shape index (κ3) is 9.70. The lowest BCUT2D eigenvalue weighted by molar-refractivity contribution is -0.174. The fourth-order valence-electron chi connectivity index (χ4n) is 8.55. The maximum Gasteiger partial charge on any atom is 0.471 e. The number of carbonyl (C=O) groups excluding carboxylic acids is 2. The first-order chi connectivity index (χ1) is 33.1. The summed E-state index contributed by atoms with van der Waals surface area (Å²) in [7, 11) is -7.58. The number of fused-ring (bicyclic) bond motifs is 2. The van der Waals surface area contributed by atoms with Gasteiger partial charge in [0.1, 0.15) is 11.9 Å². The molecule has 1 aromatic heterocycles. The molecule has 0 saturated carbocycles. The summed E-state index contributed by atoms with van der Waals surface area (Å²) in [4.78, 5) is 23.3. The lowest BCUT2D eigenvalue weighted by atomic mass is 9.91. The lowest BCUT2D eigenvalue weighted by Crippen LogP contribution is -2.41. The SMILES string of the molecule is COc1ccc(S(=O)(=O)N2c3ccccc3CC2C(O)c2ccc(CNC(=O)C(F)(F)F)cc2)c(-c2cc([C@H](C)NC(=O)C(F)(F)F)ccc2Cc2cn(S(=O)(=O)c3ccccc3)c3ccccc23)c1. The number of nitrogens with one attached hydrogen (secondary N) is 2. The van der Waals surface area contributed by atoms with Crippen LogP contribution in [0.25, 0.3) is 22.0 Å². The first-order valence-corrected chi connectivity index (χ1v) is 24.3. The molecule has 70 heavy (non-hydrogen) atoms. The molecule has 3 atom stereocenters. The fraction of sp³-hybridized carbons (Fsp3) is 0.200. The van der Waals surface area contributed by atoms with Crippen molar-refractivity contribution in [1.82, 2.24) is 14.6 Å². The number of nitrogens with zero attached hydrogens (tertiary/aromatic N) is 2. The minimum absolute atomic E-state index is 0.00840. The molecule has 2 heterocycles. The van der Waals surface area contributed by atoms with Gasteiger partial charge in [-0.15, -0.1) is 0 Å². The molecule has 364 valence electrons. The number of carbonyl (C=O) groups is 2. The first kappa shape index (κ1) is 49.3. The van der Waals surface area contributed by atoms with Crippen molar-refractivity contribution < 1.29 is 62.6 Å². The Morgan fingerprint density at radius 3 is 2.06 bits per heavy atom. The zero-order valence-corrected chi connectivity index (χ0v) is 38.6. The predicted molar refractivity (Wildman–Crippen MR) is 248 cm³/mol. The smallest absolute Gasteiger partial charge is 0.471 e. The van der Waals surface area contributed by atoms with Crippen LogP contribution >= 0.6 is 0 Å². The molecule has 0 radical (unpaired) electrons. The Hall–Kier alpha value is -7.16. The molecule has 2 unspecified atom stereocenters. The van der Waals surface area contributed by atoms with Gasteiger partial charge in [-0.05, 0) is 101 Å². The van der Waals surface area contributed by atoms with Gasteiger partial charge in [0, 0.05) is 30.1 Å². The number of ether oxygens (including phenoxy) is 1. The summed E-state index contributed by atoms with van der Waals surface area (Å²) in [6.07, 6.45) is -10.4. The highest BCUT2D eigenvalue weighted by Gasteiger charge is 2.44. The molecule has 0 bridgehead atoms. The number of aliphatic hydroxyl groups excluding tert-OH is 1. The second-order valence-electron chi connectivity index (χ2n) is 16.5. The van der Waals surface area contributed by atoms with Crippen molar-refractivity contribution in [3.05, 3.63) is 179 Å². The number of alkyl halides is 6. The number of hydrogen-bond acceptors (Lipinski definition) is 8. The van der Waals surface area contributed by atoms with E-state index in [9.17, 15) is 49.5 Å². The van der Waals surface area contributed by atoms with Gasteiger partial charge in [-0.3, -0.25) is 13.9 Å². The van der Waals surface area contributed by atoms with Crippen LogP contribution in [0.1, 0.15) is 52.5 Å². The van der Waals surface area contributed by atoms with Crippen LogP contribution in [0.4, 0.5) is 32.0 Å². The number of para-hydroxylation sites is 2. The highest BCUT2D eigenvalue weighted by atomic mass is 32.2. The molecule has 1 aliphatic rings. The van der Waals surface area contributed by atoms with E-state index < -0.39 is 68.9 Å². The number of hydrogen-bond donors (Lipinski definition) is 3. The maximum atomic E-state index is 15.6. The van der Waals surface area contributed by atoms with Gasteiger partial charge in [-0.25, -0.2) is 20.8 Å². The van der Waals surface area contributed by atoms with Crippen molar-refractivity contribution >= 4 is 48.5 Å². The number of aromatic nitrogens is 1. The molecular formula is C50H42F6N4O8S2. The Morgan fingerprint density at radius 2 is 1.37 bits per heavy atom. The molecule has 2 amide bonds. The highest BCUT2D eigenvalue weighted by molar-refractivity contribution is 7.93. The zero-order valence-electron chi connectivity index (χ0n) is 37.0. The molecule has 20 heteroatoms. The number of benzene rings is 6. The summed E-state index contributed by atoms with van der Waals surface area (Å²) in [5.41, 5.74) is 2.80. The minimum atomic E-state index is -5.22. The summed E-state index contributed by atoms with van der Waals surface area (Å²) in [6, 6.07) is 32.8. The van der Waals surface area contributed by atoms with Gasteiger partial charge in [-0.1, -0.05) is 91.0 Å². The molecule has 1 aliphatic heterocycles. The number of amides is 2.